The lowest BCUT2D eigenvalue weighted by molar-refractivity contribution is 0.104. The van der Waals surface area contributed by atoms with E-state index in [1.165, 1.54) is 22.9 Å². The molecular formula is C26H25N3O5. The molecule has 0 saturated heterocycles. The Hall–Kier alpha value is -4.07. The molecule has 2 aromatic carbocycles. The molecule has 0 fully saturated rings. The molecule has 0 saturated carbocycles. The summed E-state index contributed by atoms with van der Waals surface area (Å²) in [6.45, 7) is 2.42. The minimum absolute atomic E-state index is 0.190. The van der Waals surface area contributed by atoms with Gasteiger partial charge >= 0.3 is 0 Å². The molecule has 1 aromatic heterocycles. The second-order valence-corrected chi connectivity index (χ2v) is 8.05. The Labute approximate surface area is 196 Å². The quantitative estimate of drug-likeness (QED) is 0.448. The van der Waals surface area contributed by atoms with Crippen molar-refractivity contribution in [2.45, 2.75) is 19.4 Å². The zero-order chi connectivity index (χ0) is 23.3. The van der Waals surface area contributed by atoms with E-state index in [9.17, 15) is 9.59 Å². The van der Waals surface area contributed by atoms with E-state index >= 15 is 0 Å². The number of nitrogens with one attached hydrogen (secondary N) is 1. The molecule has 0 spiro atoms. The first-order valence-corrected chi connectivity index (χ1v) is 11.4. The number of carbonyl (C=O) groups excluding carboxylic acids is 1. The van der Waals surface area contributed by atoms with Gasteiger partial charge in [-0.15, -0.1) is 0 Å². The zero-order valence-corrected chi connectivity index (χ0v) is 18.7. The van der Waals surface area contributed by atoms with Crippen LogP contribution in [-0.2, 0) is 13.0 Å². The fourth-order valence-corrected chi connectivity index (χ4v) is 3.98. The fraction of sp³-hybridized carbons (Fsp3) is 0.269. The summed E-state index contributed by atoms with van der Waals surface area (Å²) in [5.74, 6) is 1.85. The monoisotopic (exact) mass is 459 g/mol. The number of nitrogens with zero attached hydrogens (tertiary/aromatic N) is 2. The lowest BCUT2D eigenvalue weighted by Crippen LogP contribution is -2.27. The van der Waals surface area contributed by atoms with Crippen LogP contribution in [0.5, 0.6) is 17.2 Å². The summed E-state index contributed by atoms with van der Waals surface area (Å²) in [6, 6.07) is 16.1. The van der Waals surface area contributed by atoms with E-state index < -0.39 is 0 Å². The molecule has 5 rings (SSSR count). The average Bonchev–Trinajstić information content (AvgIpc) is 3.09. The van der Waals surface area contributed by atoms with Gasteiger partial charge in [-0.25, -0.2) is 4.68 Å². The Morgan fingerprint density at radius 1 is 1.09 bits per heavy atom. The minimum Gasteiger partial charge on any atom is -0.492 e. The first kappa shape index (κ1) is 21.8. The zero-order valence-electron chi connectivity index (χ0n) is 18.7. The third kappa shape index (κ3) is 4.80. The number of hydrogen-bond acceptors (Lipinski definition) is 7. The largest absolute Gasteiger partial charge is 0.492 e. The summed E-state index contributed by atoms with van der Waals surface area (Å²) in [5, 5.41) is 7.57. The van der Waals surface area contributed by atoms with Gasteiger partial charge in [0.25, 0.3) is 5.56 Å². The van der Waals surface area contributed by atoms with Crippen LogP contribution in [0.2, 0.25) is 0 Å². The smallest absolute Gasteiger partial charge is 0.266 e. The molecule has 0 bridgehead atoms. The van der Waals surface area contributed by atoms with Crippen molar-refractivity contribution in [3.05, 3.63) is 87.8 Å². The summed E-state index contributed by atoms with van der Waals surface area (Å²) >= 11 is 0. The van der Waals surface area contributed by atoms with Crippen molar-refractivity contribution in [3.8, 4) is 17.2 Å². The number of allylic oxidation sites excluding steroid dienone is 1. The first-order chi connectivity index (χ1) is 16.7. The van der Waals surface area contributed by atoms with Crippen molar-refractivity contribution < 1.29 is 19.0 Å². The summed E-state index contributed by atoms with van der Waals surface area (Å²) in [7, 11) is 0. The van der Waals surface area contributed by atoms with E-state index in [1.54, 1.807) is 0 Å². The standard InChI is InChI=1S/C26H25N3O5/c30-23(21-7-8-26(31)29(28-21)11-14-32-19-5-2-1-3-6-19)17-22-20-16-25-24(33-12-4-13-34-25)15-18(20)9-10-27-22/h1-3,5-8,15-17,27H,4,9-14H2. The van der Waals surface area contributed by atoms with Crippen LogP contribution in [0.15, 0.2) is 65.5 Å². The fourth-order valence-electron chi connectivity index (χ4n) is 3.98. The third-order valence-corrected chi connectivity index (χ3v) is 5.68. The highest BCUT2D eigenvalue weighted by molar-refractivity contribution is 6.07. The predicted octanol–water partition coefficient (Wildman–Crippen LogP) is 2.85. The Morgan fingerprint density at radius 3 is 2.71 bits per heavy atom. The number of rotatable bonds is 6. The molecule has 3 heterocycles. The third-order valence-electron chi connectivity index (χ3n) is 5.68. The Kier molecular flexibility index (Phi) is 6.29. The Balaban J connectivity index is 1.35. The van der Waals surface area contributed by atoms with Gasteiger partial charge in [-0.2, -0.15) is 5.10 Å². The van der Waals surface area contributed by atoms with E-state index in [4.69, 9.17) is 14.2 Å². The maximum absolute atomic E-state index is 13.0. The van der Waals surface area contributed by atoms with E-state index in [0.29, 0.717) is 37.0 Å². The van der Waals surface area contributed by atoms with Gasteiger partial charge in [-0.1, -0.05) is 18.2 Å². The van der Waals surface area contributed by atoms with Crippen molar-refractivity contribution in [2.75, 3.05) is 26.4 Å². The molecule has 8 heteroatoms. The normalized spacial score (nSPS) is 15.7. The van der Waals surface area contributed by atoms with Gasteiger partial charge in [0, 0.05) is 36.4 Å². The number of hydrogen-bond donors (Lipinski definition) is 1. The van der Waals surface area contributed by atoms with Crippen LogP contribution in [0, 0.1) is 0 Å². The molecule has 0 radical (unpaired) electrons. The molecule has 2 aliphatic heterocycles. The molecule has 34 heavy (non-hydrogen) atoms. The number of aromatic nitrogens is 2. The van der Waals surface area contributed by atoms with Crippen LogP contribution in [0.25, 0.3) is 5.70 Å². The first-order valence-electron chi connectivity index (χ1n) is 11.4. The summed E-state index contributed by atoms with van der Waals surface area (Å²) < 4.78 is 18.5. The lowest BCUT2D eigenvalue weighted by atomic mass is 9.96. The van der Waals surface area contributed by atoms with E-state index in [-0.39, 0.29) is 30.2 Å². The van der Waals surface area contributed by atoms with Crippen LogP contribution < -0.4 is 25.1 Å². The lowest BCUT2D eigenvalue weighted by Gasteiger charge is -2.23. The van der Waals surface area contributed by atoms with E-state index in [1.807, 2.05) is 42.5 Å². The number of para-hydroxylation sites is 1. The Morgan fingerprint density at radius 2 is 1.88 bits per heavy atom. The highest BCUT2D eigenvalue weighted by Gasteiger charge is 2.21. The average molecular weight is 460 g/mol. The number of ether oxygens (including phenoxy) is 3. The molecule has 0 amide bonds. The molecule has 3 aromatic rings. The number of fused-ring (bicyclic) bond motifs is 2. The molecule has 174 valence electrons. The number of carbonyl (C=O) groups is 1. The summed E-state index contributed by atoms with van der Waals surface area (Å²) in [6.07, 6.45) is 3.18. The Bertz CT molecular complexity index is 1280. The highest BCUT2D eigenvalue weighted by Crippen LogP contribution is 2.36. The molecule has 0 unspecified atom stereocenters. The van der Waals surface area contributed by atoms with Crippen molar-refractivity contribution in [1.29, 1.82) is 0 Å². The van der Waals surface area contributed by atoms with E-state index in [2.05, 4.69) is 10.4 Å². The minimum atomic E-state index is -0.291. The second kappa shape index (κ2) is 9.82. The van der Waals surface area contributed by atoms with Crippen LogP contribution >= 0.6 is 0 Å². The van der Waals surface area contributed by atoms with Crippen LogP contribution in [0.4, 0.5) is 0 Å². The predicted molar refractivity (Wildman–Crippen MR) is 126 cm³/mol. The summed E-state index contributed by atoms with van der Waals surface area (Å²) in [5.41, 5.74) is 2.61. The van der Waals surface area contributed by atoms with Crippen molar-refractivity contribution in [2.24, 2.45) is 0 Å². The molecule has 2 aliphatic rings. The van der Waals surface area contributed by atoms with Crippen LogP contribution in [-0.4, -0.2) is 41.9 Å². The van der Waals surface area contributed by atoms with Gasteiger partial charge in [0.2, 0.25) is 5.78 Å². The van der Waals surface area contributed by atoms with Gasteiger partial charge in [-0.05, 0) is 42.3 Å². The second-order valence-electron chi connectivity index (χ2n) is 8.05. The molecule has 0 aliphatic carbocycles. The van der Waals surface area contributed by atoms with Crippen LogP contribution in [0.1, 0.15) is 28.0 Å². The summed E-state index contributed by atoms with van der Waals surface area (Å²) in [4.78, 5) is 25.3. The number of ketones is 1. The van der Waals surface area contributed by atoms with Gasteiger partial charge in [0.05, 0.1) is 19.8 Å². The van der Waals surface area contributed by atoms with Gasteiger partial charge < -0.3 is 19.5 Å². The molecule has 0 atom stereocenters. The van der Waals surface area contributed by atoms with E-state index in [0.717, 1.165) is 29.7 Å². The highest BCUT2D eigenvalue weighted by atomic mass is 16.5. The van der Waals surface area contributed by atoms with Gasteiger partial charge in [0.1, 0.15) is 18.1 Å². The van der Waals surface area contributed by atoms with Gasteiger partial charge in [0.15, 0.2) is 11.5 Å². The van der Waals surface area contributed by atoms with Crippen molar-refractivity contribution >= 4 is 11.5 Å². The maximum atomic E-state index is 13.0. The molecular weight excluding hydrogens is 434 g/mol. The topological polar surface area (TPSA) is 91.7 Å². The van der Waals surface area contributed by atoms with Crippen LogP contribution in [0.3, 0.4) is 0 Å². The van der Waals surface area contributed by atoms with Crippen molar-refractivity contribution in [3.63, 3.8) is 0 Å². The van der Waals surface area contributed by atoms with Crippen molar-refractivity contribution in [1.82, 2.24) is 15.1 Å². The maximum Gasteiger partial charge on any atom is 0.266 e. The SMILES string of the molecule is O=C(C=C1NCCc2cc3c(cc21)OCCCO3)c1ccc(=O)n(CCOc2ccccc2)n1. The molecule has 8 nitrogen and oxygen atoms in total. The number of benzene rings is 2. The van der Waals surface area contributed by atoms with Gasteiger partial charge in [-0.3, -0.25) is 9.59 Å². The molecule has 1 N–H and O–H groups in total.